The maximum absolute atomic E-state index is 12.8. The minimum Gasteiger partial charge on any atom is -0.494 e. The third-order valence-electron chi connectivity index (χ3n) is 4.00. The summed E-state index contributed by atoms with van der Waals surface area (Å²) in [6.45, 7) is 6.56. The number of oxime groups is 1. The number of carbonyl (C=O) groups excluding carboxylic acids is 1. The van der Waals surface area contributed by atoms with Crippen molar-refractivity contribution in [2.45, 2.75) is 46.2 Å². The Hall–Kier alpha value is -2.84. The molecule has 140 valence electrons. The lowest BCUT2D eigenvalue weighted by Crippen LogP contribution is -2.34. The van der Waals surface area contributed by atoms with Crippen LogP contribution in [0.25, 0.3) is 5.65 Å². The highest BCUT2D eigenvalue weighted by molar-refractivity contribution is 5.97. The van der Waals surface area contributed by atoms with E-state index >= 15 is 0 Å². The maximum Gasteiger partial charge on any atom is 0.291 e. The van der Waals surface area contributed by atoms with Crippen LogP contribution in [-0.2, 0) is 11.4 Å². The molecule has 1 fully saturated rings. The average Bonchev–Trinajstić information content (AvgIpc) is 3.28. The van der Waals surface area contributed by atoms with E-state index in [1.807, 2.05) is 13.8 Å². The first-order valence-corrected chi connectivity index (χ1v) is 8.73. The Morgan fingerprint density at radius 1 is 1.54 bits per heavy atom. The quantitative estimate of drug-likeness (QED) is 0.567. The highest BCUT2D eigenvalue weighted by atomic mass is 16.6. The summed E-state index contributed by atoms with van der Waals surface area (Å²) in [4.78, 5) is 30.2. The minimum absolute atomic E-state index is 0.0713. The molecule has 2 aromatic heterocycles. The molecule has 0 spiro atoms. The summed E-state index contributed by atoms with van der Waals surface area (Å²) in [5, 5.41) is 21.4. The lowest BCUT2D eigenvalue weighted by molar-refractivity contribution is 0.0944. The molecule has 0 aliphatic heterocycles. The average molecular weight is 361 g/mol. The van der Waals surface area contributed by atoms with Gasteiger partial charge in [0.2, 0.25) is 5.88 Å². The van der Waals surface area contributed by atoms with Crippen molar-refractivity contribution in [1.82, 2.24) is 19.5 Å². The summed E-state index contributed by atoms with van der Waals surface area (Å²) in [6.07, 6.45) is 4.66. The topological polar surface area (TPSA) is 110 Å². The summed E-state index contributed by atoms with van der Waals surface area (Å²) >= 11 is 0. The van der Waals surface area contributed by atoms with Crippen LogP contribution in [0.15, 0.2) is 16.1 Å². The number of amides is 1. The van der Waals surface area contributed by atoms with Crippen molar-refractivity contribution in [1.29, 1.82) is 0 Å². The van der Waals surface area contributed by atoms with E-state index in [1.165, 1.54) is 17.0 Å². The Kier molecular flexibility index (Phi) is 4.97. The maximum atomic E-state index is 12.8. The largest absolute Gasteiger partial charge is 0.494 e. The van der Waals surface area contributed by atoms with Crippen LogP contribution in [0.5, 0.6) is 5.88 Å². The van der Waals surface area contributed by atoms with Crippen LogP contribution < -0.4 is 10.9 Å². The molecule has 26 heavy (non-hydrogen) atoms. The predicted octanol–water partition coefficient (Wildman–Crippen LogP) is 1.12. The second-order valence-electron chi connectivity index (χ2n) is 6.74. The van der Waals surface area contributed by atoms with Crippen LogP contribution in [0, 0.1) is 5.92 Å². The van der Waals surface area contributed by atoms with Gasteiger partial charge in [0, 0.05) is 12.6 Å². The van der Waals surface area contributed by atoms with Crippen molar-refractivity contribution in [3.05, 3.63) is 27.7 Å². The molecule has 3 rings (SSSR count). The molecule has 0 bridgehead atoms. The fourth-order valence-electron chi connectivity index (χ4n) is 2.69. The molecular formula is C17H23N5O4. The number of nitrogens with zero attached hydrogens (tertiary/aromatic N) is 4. The van der Waals surface area contributed by atoms with E-state index in [0.29, 0.717) is 24.4 Å². The lowest BCUT2D eigenvalue weighted by Gasteiger charge is -2.17. The highest BCUT2D eigenvalue weighted by Gasteiger charge is 2.29. The lowest BCUT2D eigenvalue weighted by atomic mass is 10.2. The number of nitrogens with one attached hydrogen (secondary N) is 1. The number of carbonyl (C=O) groups is 1. The Bertz CT molecular complexity index is 908. The molecule has 0 unspecified atom stereocenters. The monoisotopic (exact) mass is 361 g/mol. The first-order chi connectivity index (χ1) is 12.4. The van der Waals surface area contributed by atoms with Gasteiger partial charge in [-0.1, -0.05) is 19.0 Å². The second kappa shape index (κ2) is 7.19. The van der Waals surface area contributed by atoms with Gasteiger partial charge >= 0.3 is 0 Å². The van der Waals surface area contributed by atoms with Crippen LogP contribution in [0.2, 0.25) is 0 Å². The Morgan fingerprint density at radius 3 is 2.88 bits per heavy atom. The second-order valence-corrected chi connectivity index (χ2v) is 6.74. The van der Waals surface area contributed by atoms with Gasteiger partial charge in [-0.25, -0.2) is 0 Å². The SMILES string of the molecule is CCON=Cc1cnn2c(=O)c(C(=O)NC3CC3)c(O)n(CC(C)C)c12. The third kappa shape index (κ3) is 3.42. The van der Waals surface area contributed by atoms with Gasteiger partial charge in [-0.3, -0.25) is 14.2 Å². The van der Waals surface area contributed by atoms with Crippen molar-refractivity contribution in [2.75, 3.05) is 6.61 Å². The number of rotatable bonds is 7. The molecule has 0 saturated heterocycles. The van der Waals surface area contributed by atoms with Gasteiger partial charge in [-0.15, -0.1) is 0 Å². The first kappa shape index (κ1) is 18.0. The van der Waals surface area contributed by atoms with E-state index in [-0.39, 0.29) is 23.4 Å². The van der Waals surface area contributed by atoms with Gasteiger partial charge in [0.15, 0.2) is 11.2 Å². The van der Waals surface area contributed by atoms with E-state index < -0.39 is 11.5 Å². The molecule has 0 atom stereocenters. The summed E-state index contributed by atoms with van der Waals surface area (Å²) in [5.41, 5.74) is -0.0681. The molecule has 0 aromatic carbocycles. The van der Waals surface area contributed by atoms with Crippen molar-refractivity contribution in [2.24, 2.45) is 11.1 Å². The number of aromatic hydroxyl groups is 1. The van der Waals surface area contributed by atoms with Gasteiger partial charge in [0.1, 0.15) is 6.61 Å². The molecule has 9 heteroatoms. The molecular weight excluding hydrogens is 338 g/mol. The molecule has 2 heterocycles. The summed E-state index contributed by atoms with van der Waals surface area (Å²) in [6, 6.07) is 0.0713. The number of aromatic nitrogens is 3. The molecule has 1 aliphatic rings. The summed E-state index contributed by atoms with van der Waals surface area (Å²) in [7, 11) is 0. The van der Waals surface area contributed by atoms with E-state index in [2.05, 4.69) is 15.6 Å². The smallest absolute Gasteiger partial charge is 0.291 e. The van der Waals surface area contributed by atoms with Crippen molar-refractivity contribution in [3.8, 4) is 5.88 Å². The fourth-order valence-corrected chi connectivity index (χ4v) is 2.69. The molecule has 2 N–H and O–H groups in total. The normalized spacial score (nSPS) is 14.5. The third-order valence-corrected chi connectivity index (χ3v) is 4.00. The number of fused-ring (bicyclic) bond motifs is 1. The van der Waals surface area contributed by atoms with Crippen LogP contribution in [0.3, 0.4) is 0 Å². The van der Waals surface area contributed by atoms with Gasteiger partial charge in [0.05, 0.1) is 18.0 Å². The van der Waals surface area contributed by atoms with E-state index in [1.54, 1.807) is 6.92 Å². The molecule has 1 amide bonds. The Labute approximate surface area is 150 Å². The first-order valence-electron chi connectivity index (χ1n) is 8.73. The zero-order chi connectivity index (χ0) is 18.8. The van der Waals surface area contributed by atoms with Crippen LogP contribution in [0.4, 0.5) is 0 Å². The van der Waals surface area contributed by atoms with Crippen molar-refractivity contribution in [3.63, 3.8) is 0 Å². The van der Waals surface area contributed by atoms with E-state index in [4.69, 9.17) is 4.84 Å². The fraction of sp³-hybridized carbons (Fsp3) is 0.529. The molecule has 1 saturated carbocycles. The Morgan fingerprint density at radius 2 is 2.27 bits per heavy atom. The van der Waals surface area contributed by atoms with Crippen LogP contribution in [-0.4, -0.2) is 44.1 Å². The number of hydrogen-bond acceptors (Lipinski definition) is 6. The zero-order valence-electron chi connectivity index (χ0n) is 15.1. The predicted molar refractivity (Wildman–Crippen MR) is 95.7 cm³/mol. The van der Waals surface area contributed by atoms with Gasteiger partial charge < -0.3 is 15.3 Å². The minimum atomic E-state index is -0.660. The van der Waals surface area contributed by atoms with Gasteiger partial charge in [-0.2, -0.15) is 9.61 Å². The summed E-state index contributed by atoms with van der Waals surface area (Å²) < 4.78 is 2.64. The molecule has 2 aromatic rings. The number of hydrogen-bond donors (Lipinski definition) is 2. The van der Waals surface area contributed by atoms with Gasteiger partial charge in [0.25, 0.3) is 11.5 Å². The van der Waals surface area contributed by atoms with E-state index in [9.17, 15) is 14.7 Å². The van der Waals surface area contributed by atoms with Crippen molar-refractivity contribution < 1.29 is 14.7 Å². The zero-order valence-corrected chi connectivity index (χ0v) is 15.1. The van der Waals surface area contributed by atoms with E-state index in [0.717, 1.165) is 17.4 Å². The Balaban J connectivity index is 2.18. The highest BCUT2D eigenvalue weighted by Crippen LogP contribution is 2.23. The standard InChI is InChI=1S/C17H23N5O4/c1-4-26-19-8-11-7-18-22-15(11)21(9-10(2)3)16(24)13(17(22)25)14(23)20-12-5-6-12/h7-8,10,12,24H,4-6,9H2,1-3H3,(H,20,23). The molecule has 0 radical (unpaired) electrons. The van der Waals surface area contributed by atoms with Gasteiger partial charge in [-0.05, 0) is 25.7 Å². The molecule has 9 nitrogen and oxygen atoms in total. The van der Waals surface area contributed by atoms with Crippen molar-refractivity contribution >= 4 is 17.8 Å². The van der Waals surface area contributed by atoms with Crippen LogP contribution >= 0.6 is 0 Å². The summed E-state index contributed by atoms with van der Waals surface area (Å²) in [5.74, 6) is -0.770. The van der Waals surface area contributed by atoms with Crippen LogP contribution in [0.1, 0.15) is 49.5 Å². The molecule has 1 aliphatic carbocycles.